The van der Waals surface area contributed by atoms with Crippen molar-refractivity contribution in [1.82, 2.24) is 10.2 Å². The summed E-state index contributed by atoms with van der Waals surface area (Å²) in [5, 5.41) is 3.24. The van der Waals surface area contributed by atoms with E-state index in [4.69, 9.17) is 5.73 Å². The van der Waals surface area contributed by atoms with E-state index in [1.54, 1.807) is 0 Å². The van der Waals surface area contributed by atoms with Crippen molar-refractivity contribution in [1.29, 1.82) is 0 Å². The van der Waals surface area contributed by atoms with Crippen molar-refractivity contribution in [2.75, 3.05) is 20.6 Å². The fourth-order valence-corrected chi connectivity index (χ4v) is 1.96. The Morgan fingerprint density at radius 3 is 2.45 bits per heavy atom. The van der Waals surface area contributed by atoms with Crippen molar-refractivity contribution in [2.45, 2.75) is 31.8 Å². The van der Waals surface area contributed by atoms with Gasteiger partial charge < -0.3 is 16.0 Å². The molecule has 1 rings (SSSR count). The molecule has 1 aromatic carbocycles. The Balaban J connectivity index is 0.00000361. The summed E-state index contributed by atoms with van der Waals surface area (Å²) in [7, 11) is 4.11. The van der Waals surface area contributed by atoms with Crippen molar-refractivity contribution in [3.8, 4) is 0 Å². The molecule has 0 aliphatic rings. The molecule has 0 aliphatic heterocycles. The Labute approximate surface area is 128 Å². The topological polar surface area (TPSA) is 58.4 Å². The smallest absolute Gasteiger partial charge is 0.234 e. The number of amides is 1. The van der Waals surface area contributed by atoms with Crippen LogP contribution in [-0.2, 0) is 11.3 Å². The van der Waals surface area contributed by atoms with E-state index >= 15 is 0 Å². The van der Waals surface area contributed by atoms with Gasteiger partial charge in [0.25, 0.3) is 0 Å². The average Bonchev–Trinajstić information content (AvgIpc) is 2.38. The minimum absolute atomic E-state index is 0. The third kappa shape index (κ3) is 8.15. The molecule has 114 valence electrons. The van der Waals surface area contributed by atoms with E-state index in [9.17, 15) is 4.79 Å². The third-order valence-corrected chi connectivity index (χ3v) is 3.09. The zero-order valence-electron chi connectivity index (χ0n) is 12.3. The van der Waals surface area contributed by atoms with Gasteiger partial charge in [-0.05, 0) is 39.0 Å². The molecule has 0 bridgehead atoms. The minimum atomic E-state index is -0.263. The number of nitrogens with one attached hydrogen (secondary N) is 1. The number of nitrogens with two attached hydrogens (primary N) is 1. The predicted molar refractivity (Wildman–Crippen MR) is 85.9 cm³/mol. The van der Waals surface area contributed by atoms with Gasteiger partial charge in [-0.3, -0.25) is 4.79 Å². The number of carbonyl (C=O) groups excluding carboxylic acids is 1. The molecule has 0 radical (unpaired) electrons. The molecule has 0 saturated heterocycles. The molecule has 0 spiro atoms. The molecule has 0 heterocycles. The molecule has 3 N–H and O–H groups in total. The van der Waals surface area contributed by atoms with E-state index in [2.05, 4.69) is 24.3 Å². The molecule has 4 nitrogen and oxygen atoms in total. The number of unbranched alkanes of at least 4 members (excludes halogenated alkanes) is 1. The summed E-state index contributed by atoms with van der Waals surface area (Å²) in [5.41, 5.74) is 6.60. The van der Waals surface area contributed by atoms with Crippen LogP contribution in [0.2, 0.25) is 0 Å². The normalized spacial score (nSPS) is 11.9. The number of benzene rings is 1. The van der Waals surface area contributed by atoms with Crippen LogP contribution in [0.1, 0.15) is 24.8 Å². The molecular formula is C15H26ClN3O. The van der Waals surface area contributed by atoms with Gasteiger partial charge in [-0.15, -0.1) is 12.4 Å². The van der Waals surface area contributed by atoms with Crippen LogP contribution in [0.4, 0.5) is 0 Å². The SMILES string of the molecule is CN(C)CCCCC(NCc1ccccc1)C(N)=O.Cl. The highest BCUT2D eigenvalue weighted by atomic mass is 35.5. The van der Waals surface area contributed by atoms with Crippen LogP contribution in [0.5, 0.6) is 0 Å². The first-order valence-corrected chi connectivity index (χ1v) is 6.81. The Hall–Kier alpha value is -1.10. The van der Waals surface area contributed by atoms with E-state index in [1.807, 2.05) is 30.3 Å². The molecule has 1 amide bonds. The number of halogens is 1. The molecule has 5 heteroatoms. The molecule has 1 aromatic rings. The van der Waals surface area contributed by atoms with E-state index in [0.717, 1.165) is 25.8 Å². The summed E-state index contributed by atoms with van der Waals surface area (Å²) in [6.45, 7) is 1.73. The van der Waals surface area contributed by atoms with Gasteiger partial charge in [-0.25, -0.2) is 0 Å². The second-order valence-electron chi connectivity index (χ2n) is 5.12. The first-order valence-electron chi connectivity index (χ1n) is 6.81. The second kappa shape index (κ2) is 10.7. The fraction of sp³-hybridized carbons (Fsp3) is 0.533. The van der Waals surface area contributed by atoms with Gasteiger partial charge >= 0.3 is 0 Å². The van der Waals surface area contributed by atoms with Crippen molar-refractivity contribution >= 4 is 18.3 Å². The molecule has 1 atom stereocenters. The number of nitrogens with zero attached hydrogens (tertiary/aromatic N) is 1. The number of primary amides is 1. The summed E-state index contributed by atoms with van der Waals surface area (Å²) in [5.74, 6) is -0.263. The van der Waals surface area contributed by atoms with Gasteiger partial charge in [0.2, 0.25) is 5.91 Å². The second-order valence-corrected chi connectivity index (χ2v) is 5.12. The number of rotatable bonds is 9. The van der Waals surface area contributed by atoms with Crippen molar-refractivity contribution < 1.29 is 4.79 Å². The van der Waals surface area contributed by atoms with Gasteiger partial charge in [-0.1, -0.05) is 36.8 Å². The maximum absolute atomic E-state index is 11.4. The molecular weight excluding hydrogens is 274 g/mol. The minimum Gasteiger partial charge on any atom is -0.368 e. The molecule has 0 aromatic heterocycles. The number of hydrogen-bond donors (Lipinski definition) is 2. The quantitative estimate of drug-likeness (QED) is 0.684. The summed E-state index contributed by atoms with van der Waals surface area (Å²) in [4.78, 5) is 13.5. The lowest BCUT2D eigenvalue weighted by Crippen LogP contribution is -2.40. The van der Waals surface area contributed by atoms with E-state index in [-0.39, 0.29) is 24.4 Å². The van der Waals surface area contributed by atoms with E-state index in [0.29, 0.717) is 6.54 Å². The van der Waals surface area contributed by atoms with E-state index in [1.165, 1.54) is 5.56 Å². The van der Waals surface area contributed by atoms with Crippen LogP contribution >= 0.6 is 12.4 Å². The Kier molecular flexibility index (Phi) is 10.1. The van der Waals surface area contributed by atoms with Crippen LogP contribution in [0.3, 0.4) is 0 Å². The number of carbonyl (C=O) groups is 1. The number of hydrogen-bond acceptors (Lipinski definition) is 3. The largest absolute Gasteiger partial charge is 0.368 e. The summed E-state index contributed by atoms with van der Waals surface area (Å²) < 4.78 is 0. The van der Waals surface area contributed by atoms with Crippen molar-refractivity contribution in [2.24, 2.45) is 5.73 Å². The highest BCUT2D eigenvalue weighted by Gasteiger charge is 2.13. The van der Waals surface area contributed by atoms with Crippen LogP contribution in [0.15, 0.2) is 30.3 Å². The van der Waals surface area contributed by atoms with Crippen LogP contribution in [0.25, 0.3) is 0 Å². The predicted octanol–water partition coefficient (Wildman–Crippen LogP) is 1.78. The summed E-state index contributed by atoms with van der Waals surface area (Å²) in [6, 6.07) is 9.81. The van der Waals surface area contributed by atoms with Gasteiger partial charge in [0, 0.05) is 6.54 Å². The third-order valence-electron chi connectivity index (χ3n) is 3.09. The first kappa shape index (κ1) is 18.9. The lowest BCUT2D eigenvalue weighted by molar-refractivity contribution is -0.120. The first-order chi connectivity index (χ1) is 9.09. The Morgan fingerprint density at radius 2 is 1.90 bits per heavy atom. The molecule has 20 heavy (non-hydrogen) atoms. The van der Waals surface area contributed by atoms with Gasteiger partial charge in [0.15, 0.2) is 0 Å². The lowest BCUT2D eigenvalue weighted by Gasteiger charge is -2.16. The van der Waals surface area contributed by atoms with Crippen molar-refractivity contribution in [3.05, 3.63) is 35.9 Å². The molecule has 0 fully saturated rings. The maximum Gasteiger partial charge on any atom is 0.234 e. The zero-order valence-corrected chi connectivity index (χ0v) is 13.2. The van der Waals surface area contributed by atoms with Crippen molar-refractivity contribution in [3.63, 3.8) is 0 Å². The molecule has 1 unspecified atom stereocenters. The van der Waals surface area contributed by atoms with E-state index < -0.39 is 0 Å². The Bertz CT molecular complexity index is 371. The van der Waals surface area contributed by atoms with Gasteiger partial charge in [-0.2, -0.15) is 0 Å². The summed E-state index contributed by atoms with van der Waals surface area (Å²) >= 11 is 0. The monoisotopic (exact) mass is 299 g/mol. The average molecular weight is 300 g/mol. The van der Waals surface area contributed by atoms with Crippen LogP contribution in [0, 0.1) is 0 Å². The fourth-order valence-electron chi connectivity index (χ4n) is 1.96. The van der Waals surface area contributed by atoms with Gasteiger partial charge in [0.05, 0.1) is 6.04 Å². The van der Waals surface area contributed by atoms with Gasteiger partial charge in [0.1, 0.15) is 0 Å². The molecule has 0 saturated carbocycles. The summed E-state index contributed by atoms with van der Waals surface area (Å²) in [6.07, 6.45) is 2.90. The highest BCUT2D eigenvalue weighted by molar-refractivity contribution is 5.85. The van der Waals surface area contributed by atoms with Crippen LogP contribution in [-0.4, -0.2) is 37.5 Å². The standard InChI is InChI=1S/C15H25N3O.ClH/c1-18(2)11-7-6-10-14(15(16)19)17-12-13-8-4-3-5-9-13;/h3-5,8-9,14,17H,6-7,10-12H2,1-2H3,(H2,16,19);1H. The highest BCUT2D eigenvalue weighted by Crippen LogP contribution is 2.04. The zero-order chi connectivity index (χ0) is 14.1. The lowest BCUT2D eigenvalue weighted by atomic mass is 10.1. The maximum atomic E-state index is 11.4. The Morgan fingerprint density at radius 1 is 1.25 bits per heavy atom. The van der Waals surface area contributed by atoms with Crippen LogP contribution < -0.4 is 11.1 Å². The molecule has 0 aliphatic carbocycles.